The third-order valence-electron chi connectivity index (χ3n) is 8.38. The van der Waals surface area contributed by atoms with Crippen molar-refractivity contribution >= 4 is 11.6 Å². The van der Waals surface area contributed by atoms with Gasteiger partial charge in [-0.1, -0.05) is 6.07 Å². The van der Waals surface area contributed by atoms with Gasteiger partial charge in [0.25, 0.3) is 5.91 Å². The molecule has 4 aromatic rings. The predicted molar refractivity (Wildman–Crippen MR) is 138 cm³/mol. The zero-order chi connectivity index (χ0) is 28.0. The molecule has 2 N–H and O–H groups in total. The summed E-state index contributed by atoms with van der Waals surface area (Å²) in [6, 6.07) is 6.12. The molecule has 0 spiro atoms. The molecule has 10 nitrogen and oxygen atoms in total. The molecule has 2 aliphatic carbocycles. The van der Waals surface area contributed by atoms with Crippen LogP contribution < -0.4 is 10.5 Å². The fourth-order valence-electron chi connectivity index (χ4n) is 6.64. The van der Waals surface area contributed by atoms with Gasteiger partial charge in [0.05, 0.1) is 35.8 Å². The number of alkyl halides is 2. The molecule has 3 aliphatic rings. The lowest BCUT2D eigenvalue weighted by atomic mass is 9.64. The monoisotopic (exact) mass is 542 g/mol. The molecular weight excluding hydrogens is 518 g/mol. The molecule has 0 unspecified atom stereocenters. The van der Waals surface area contributed by atoms with E-state index in [4.69, 9.17) is 27.1 Å². The summed E-state index contributed by atoms with van der Waals surface area (Å²) in [5.74, 6) is -0.209. The number of benzene rings is 1. The van der Waals surface area contributed by atoms with Gasteiger partial charge in [-0.3, -0.25) is 4.79 Å². The van der Waals surface area contributed by atoms with Crippen LogP contribution in [0.25, 0.3) is 21.7 Å². The fraction of sp³-hybridized carbons (Fsp3) is 0.357. The van der Waals surface area contributed by atoms with Crippen molar-refractivity contribution in [3.63, 3.8) is 0 Å². The molecule has 0 saturated heterocycles. The number of fused-ring (bicyclic) bond motifs is 9. The molecule has 0 radical (unpaired) electrons. The van der Waals surface area contributed by atoms with Crippen LogP contribution in [0.2, 0.25) is 0 Å². The van der Waals surface area contributed by atoms with Crippen molar-refractivity contribution in [1.29, 1.82) is 0 Å². The van der Waals surface area contributed by atoms with Gasteiger partial charge >= 0.3 is 6.61 Å². The van der Waals surface area contributed by atoms with Gasteiger partial charge in [-0.05, 0) is 24.6 Å². The Balaban J connectivity index is 1.31. The molecular formula is C28H24F2N8O2. The number of halogens is 2. The summed E-state index contributed by atoms with van der Waals surface area (Å²) in [5.41, 5.74) is 9.32. The van der Waals surface area contributed by atoms with Crippen molar-refractivity contribution in [3.8, 4) is 17.0 Å². The van der Waals surface area contributed by atoms with Crippen molar-refractivity contribution in [3.05, 3.63) is 82.5 Å². The first-order valence-electron chi connectivity index (χ1n) is 12.9. The zero-order valence-corrected chi connectivity index (χ0v) is 21.7. The van der Waals surface area contributed by atoms with Crippen LogP contribution in [0.4, 0.5) is 8.78 Å². The van der Waals surface area contributed by atoms with Gasteiger partial charge < -0.3 is 20.2 Å². The van der Waals surface area contributed by atoms with Crippen LogP contribution in [0, 0.1) is 6.57 Å². The standard InChI is InChI=1S/C28H24F2N8O2/c1-27(32-2)12-28(31,13-27)25-33-10-14(11-34-25)17-7-8-38-23(35-17)21-16-9-18(22(21)36-38)37(3)24(39)15-5-4-6-19(20(15)16)40-26(29)30/h4-8,10-11,16,18,26H,9,12-13,31H2,1,3H3/t16-,18-,27?,28?/m1/s1. The van der Waals surface area contributed by atoms with Crippen molar-refractivity contribution in [2.75, 3.05) is 7.05 Å². The van der Waals surface area contributed by atoms with Crippen LogP contribution in [-0.4, -0.2) is 54.6 Å². The van der Waals surface area contributed by atoms with Gasteiger partial charge in [0.2, 0.25) is 5.54 Å². The number of hydrogen-bond donors (Lipinski definition) is 1. The molecule has 1 aromatic carbocycles. The van der Waals surface area contributed by atoms with E-state index in [2.05, 4.69) is 14.8 Å². The van der Waals surface area contributed by atoms with Crippen LogP contribution in [0.3, 0.4) is 0 Å². The molecule has 4 heterocycles. The molecule has 2 atom stereocenters. The van der Waals surface area contributed by atoms with Gasteiger partial charge in [0.1, 0.15) is 11.6 Å². The highest BCUT2D eigenvalue weighted by molar-refractivity contribution is 5.98. The first kappa shape index (κ1) is 24.5. The number of nitrogens with zero attached hydrogens (tertiary/aromatic N) is 7. The fourth-order valence-corrected chi connectivity index (χ4v) is 6.64. The largest absolute Gasteiger partial charge is 0.434 e. The van der Waals surface area contributed by atoms with Gasteiger partial charge in [-0.2, -0.15) is 13.9 Å². The van der Waals surface area contributed by atoms with E-state index in [1.54, 1.807) is 53.3 Å². The van der Waals surface area contributed by atoms with Crippen LogP contribution in [0.5, 0.6) is 5.75 Å². The Labute approximate surface area is 227 Å². The molecule has 1 saturated carbocycles. The number of aromatic nitrogens is 5. The summed E-state index contributed by atoms with van der Waals surface area (Å²) < 4.78 is 33.2. The first-order chi connectivity index (χ1) is 19.1. The average molecular weight is 543 g/mol. The van der Waals surface area contributed by atoms with Crippen LogP contribution >= 0.6 is 0 Å². The first-order valence-corrected chi connectivity index (χ1v) is 12.9. The SMILES string of the molecule is [C-]#[N+]C1(C)CC(N)(c2ncc(-c3ccn4nc5c(c4n3)[C@@H]3C[C@H]5N(C)C(=O)c4cccc(OC(F)F)c43)cn2)C1. The summed E-state index contributed by atoms with van der Waals surface area (Å²) in [6.07, 6.45) is 6.58. The summed E-state index contributed by atoms with van der Waals surface area (Å²) in [7, 11) is 1.70. The van der Waals surface area contributed by atoms with Crippen molar-refractivity contribution < 1.29 is 18.3 Å². The second kappa shape index (κ2) is 8.25. The number of amides is 1. The Kier molecular flexibility index (Phi) is 5.06. The minimum Gasteiger partial charge on any atom is -0.434 e. The second-order valence-corrected chi connectivity index (χ2v) is 11.1. The number of nitrogens with two attached hydrogens (primary N) is 1. The zero-order valence-electron chi connectivity index (χ0n) is 21.7. The second-order valence-electron chi connectivity index (χ2n) is 11.1. The maximum absolute atomic E-state index is 13.3. The number of carbonyl (C=O) groups excluding carboxylic acids is 1. The third kappa shape index (κ3) is 3.43. The lowest BCUT2D eigenvalue weighted by molar-refractivity contribution is -0.0505. The highest BCUT2D eigenvalue weighted by atomic mass is 19.3. The van der Waals surface area contributed by atoms with E-state index in [0.29, 0.717) is 58.8 Å². The van der Waals surface area contributed by atoms with Crippen LogP contribution in [0.15, 0.2) is 42.9 Å². The molecule has 12 heteroatoms. The Morgan fingerprint density at radius 2 is 1.95 bits per heavy atom. The smallest absolute Gasteiger partial charge is 0.387 e. The van der Waals surface area contributed by atoms with Gasteiger partial charge in [-0.15, -0.1) is 0 Å². The van der Waals surface area contributed by atoms with Gasteiger partial charge in [0.15, 0.2) is 5.65 Å². The molecule has 2 bridgehead atoms. The quantitative estimate of drug-likeness (QED) is 0.387. The maximum Gasteiger partial charge on any atom is 0.387 e. The topological polar surface area (TPSA) is 116 Å². The van der Waals surface area contributed by atoms with E-state index in [9.17, 15) is 13.6 Å². The van der Waals surface area contributed by atoms with Crippen LogP contribution in [-0.2, 0) is 5.54 Å². The molecule has 7 rings (SSSR count). The Morgan fingerprint density at radius 3 is 2.65 bits per heavy atom. The summed E-state index contributed by atoms with van der Waals surface area (Å²) >= 11 is 0. The Hall–Kier alpha value is -4.50. The Bertz CT molecular complexity index is 1740. The molecule has 40 heavy (non-hydrogen) atoms. The predicted octanol–water partition coefficient (Wildman–Crippen LogP) is 4.08. The summed E-state index contributed by atoms with van der Waals surface area (Å²) in [6.45, 7) is 6.21. The van der Waals surface area contributed by atoms with Crippen molar-refractivity contribution in [1.82, 2.24) is 29.5 Å². The number of rotatable bonds is 4. The number of ether oxygens (including phenoxy) is 1. The van der Waals surface area contributed by atoms with Crippen molar-refractivity contribution in [2.24, 2.45) is 5.73 Å². The van der Waals surface area contributed by atoms with E-state index in [-0.39, 0.29) is 17.7 Å². The lowest BCUT2D eigenvalue weighted by Crippen LogP contribution is -2.57. The highest BCUT2D eigenvalue weighted by Gasteiger charge is 2.58. The molecule has 1 amide bonds. The Morgan fingerprint density at radius 1 is 1.20 bits per heavy atom. The van der Waals surface area contributed by atoms with E-state index in [0.717, 1.165) is 5.56 Å². The lowest BCUT2D eigenvalue weighted by Gasteiger charge is -2.43. The molecule has 1 aliphatic heterocycles. The highest BCUT2D eigenvalue weighted by Crippen LogP contribution is 2.53. The van der Waals surface area contributed by atoms with Gasteiger partial charge in [-0.25, -0.2) is 26.0 Å². The van der Waals surface area contributed by atoms with E-state index in [1.165, 1.54) is 6.07 Å². The molecule has 202 valence electrons. The maximum atomic E-state index is 13.3. The van der Waals surface area contributed by atoms with Gasteiger partial charge in [0, 0.05) is 60.7 Å². The van der Waals surface area contributed by atoms with E-state index >= 15 is 0 Å². The third-order valence-corrected chi connectivity index (χ3v) is 8.38. The normalized spacial score (nSPS) is 26.7. The van der Waals surface area contributed by atoms with E-state index in [1.807, 2.05) is 6.92 Å². The summed E-state index contributed by atoms with van der Waals surface area (Å²) in [4.78, 5) is 32.5. The molecule has 1 fully saturated rings. The van der Waals surface area contributed by atoms with E-state index < -0.39 is 23.6 Å². The number of carbonyl (C=O) groups is 1. The average Bonchev–Trinajstić information content (AvgIpc) is 3.45. The minimum atomic E-state index is -3.03. The summed E-state index contributed by atoms with van der Waals surface area (Å²) in [5, 5.41) is 4.75. The minimum absolute atomic E-state index is 0.0201. The van der Waals surface area contributed by atoms with Crippen LogP contribution in [0.1, 0.15) is 71.1 Å². The van der Waals surface area contributed by atoms with Crippen molar-refractivity contribution in [2.45, 2.75) is 55.8 Å². The number of hydrogen-bond acceptors (Lipinski definition) is 7. The molecule has 3 aromatic heterocycles.